The largest absolute Gasteiger partial charge is 0.493 e. The van der Waals surface area contributed by atoms with Gasteiger partial charge in [-0.15, -0.1) is 11.8 Å². The molecule has 0 aromatic heterocycles. The van der Waals surface area contributed by atoms with E-state index in [-0.39, 0.29) is 5.56 Å². The Labute approximate surface area is 121 Å². The number of hydrogen-bond acceptors (Lipinski definition) is 4. The lowest BCUT2D eigenvalue weighted by molar-refractivity contribution is 0.0697. The van der Waals surface area contributed by atoms with Gasteiger partial charge in [0.05, 0.1) is 12.2 Å². The molecule has 2 aromatic rings. The molecule has 3 N–H and O–H groups in total. The SMILES string of the molecule is Nc1ccc(SCCOc2ccc(C(=O)O)cc2)cc1. The van der Waals surface area contributed by atoms with Gasteiger partial charge in [0.1, 0.15) is 5.75 Å². The Hall–Kier alpha value is -2.14. The molecule has 4 nitrogen and oxygen atoms in total. The lowest BCUT2D eigenvalue weighted by atomic mass is 10.2. The Balaban J connectivity index is 1.75. The molecule has 0 saturated carbocycles. The number of rotatable bonds is 6. The number of benzene rings is 2. The Morgan fingerprint density at radius 1 is 1.10 bits per heavy atom. The molecule has 0 spiro atoms. The van der Waals surface area contributed by atoms with Gasteiger partial charge in [0.2, 0.25) is 0 Å². The minimum atomic E-state index is -0.935. The van der Waals surface area contributed by atoms with Crippen molar-refractivity contribution in [1.82, 2.24) is 0 Å². The van der Waals surface area contributed by atoms with Crippen LogP contribution in [-0.4, -0.2) is 23.4 Å². The van der Waals surface area contributed by atoms with Gasteiger partial charge in [0.15, 0.2) is 0 Å². The molecular weight excluding hydrogens is 274 g/mol. The van der Waals surface area contributed by atoms with Crippen LogP contribution in [0.25, 0.3) is 0 Å². The van der Waals surface area contributed by atoms with Crippen molar-refractivity contribution in [1.29, 1.82) is 0 Å². The van der Waals surface area contributed by atoms with Crippen molar-refractivity contribution in [2.24, 2.45) is 0 Å². The summed E-state index contributed by atoms with van der Waals surface area (Å²) in [6.45, 7) is 0.557. The van der Waals surface area contributed by atoms with Crippen molar-refractivity contribution >= 4 is 23.4 Å². The first kappa shape index (κ1) is 14.3. The Kier molecular flexibility index (Phi) is 4.90. The Morgan fingerprint density at radius 2 is 1.75 bits per heavy atom. The summed E-state index contributed by atoms with van der Waals surface area (Å²) in [4.78, 5) is 11.8. The Morgan fingerprint density at radius 3 is 2.35 bits per heavy atom. The molecule has 20 heavy (non-hydrogen) atoms. The van der Waals surface area contributed by atoms with Crippen LogP contribution >= 0.6 is 11.8 Å². The quantitative estimate of drug-likeness (QED) is 0.485. The first-order valence-corrected chi connectivity index (χ1v) is 7.08. The van der Waals surface area contributed by atoms with E-state index < -0.39 is 5.97 Å². The van der Waals surface area contributed by atoms with Crippen molar-refractivity contribution < 1.29 is 14.6 Å². The predicted molar refractivity (Wildman–Crippen MR) is 80.5 cm³/mol. The van der Waals surface area contributed by atoms with Crippen LogP contribution in [-0.2, 0) is 0 Å². The number of nitrogens with two attached hydrogens (primary N) is 1. The van der Waals surface area contributed by atoms with Gasteiger partial charge in [-0.05, 0) is 48.5 Å². The highest BCUT2D eigenvalue weighted by Crippen LogP contribution is 2.19. The molecular formula is C15H15NO3S. The van der Waals surface area contributed by atoms with Crippen LogP contribution in [0.5, 0.6) is 5.75 Å². The molecule has 104 valence electrons. The van der Waals surface area contributed by atoms with E-state index in [1.807, 2.05) is 24.3 Å². The molecule has 2 aromatic carbocycles. The molecule has 0 aliphatic heterocycles. The zero-order valence-corrected chi connectivity index (χ0v) is 11.6. The van der Waals surface area contributed by atoms with Crippen LogP contribution in [0.1, 0.15) is 10.4 Å². The lowest BCUT2D eigenvalue weighted by Gasteiger charge is -2.06. The number of carboxylic acids is 1. The highest BCUT2D eigenvalue weighted by atomic mass is 32.2. The highest BCUT2D eigenvalue weighted by Gasteiger charge is 2.02. The molecule has 0 fully saturated rings. The molecule has 0 unspecified atom stereocenters. The third-order valence-electron chi connectivity index (χ3n) is 2.60. The van der Waals surface area contributed by atoms with E-state index in [0.717, 1.165) is 16.3 Å². The van der Waals surface area contributed by atoms with E-state index in [9.17, 15) is 4.79 Å². The molecule has 5 heteroatoms. The van der Waals surface area contributed by atoms with E-state index in [2.05, 4.69) is 0 Å². The zero-order valence-electron chi connectivity index (χ0n) is 10.8. The van der Waals surface area contributed by atoms with Crippen LogP contribution in [0.3, 0.4) is 0 Å². The number of aromatic carboxylic acids is 1. The summed E-state index contributed by atoms with van der Waals surface area (Å²) in [6, 6.07) is 14.1. The van der Waals surface area contributed by atoms with Gasteiger partial charge >= 0.3 is 5.97 Å². The first-order chi connectivity index (χ1) is 9.65. The van der Waals surface area contributed by atoms with Gasteiger partial charge in [-0.3, -0.25) is 0 Å². The second-order valence-corrected chi connectivity index (χ2v) is 5.26. The fourth-order valence-corrected chi connectivity index (χ4v) is 2.31. The summed E-state index contributed by atoms with van der Waals surface area (Å²) in [5.74, 6) is 0.549. The molecule has 0 saturated heterocycles. The fourth-order valence-electron chi connectivity index (χ4n) is 1.58. The number of carboxylic acid groups (broad SMARTS) is 1. The van der Waals surface area contributed by atoms with Crippen molar-refractivity contribution in [3.8, 4) is 5.75 Å². The molecule has 2 rings (SSSR count). The van der Waals surface area contributed by atoms with Crippen LogP contribution in [0.2, 0.25) is 0 Å². The molecule has 0 amide bonds. The molecule has 0 atom stereocenters. The summed E-state index contributed by atoms with van der Waals surface area (Å²) in [5.41, 5.74) is 6.63. The fraction of sp³-hybridized carbons (Fsp3) is 0.133. The summed E-state index contributed by atoms with van der Waals surface area (Å²) in [7, 11) is 0. The van der Waals surface area contributed by atoms with E-state index in [1.54, 1.807) is 23.9 Å². The van der Waals surface area contributed by atoms with E-state index >= 15 is 0 Å². The van der Waals surface area contributed by atoms with Crippen molar-refractivity contribution in [2.75, 3.05) is 18.1 Å². The van der Waals surface area contributed by atoms with Crippen LogP contribution < -0.4 is 10.5 Å². The average molecular weight is 289 g/mol. The minimum Gasteiger partial charge on any atom is -0.493 e. The molecule has 0 radical (unpaired) electrons. The number of ether oxygens (including phenoxy) is 1. The number of carbonyl (C=O) groups is 1. The van der Waals surface area contributed by atoms with Gasteiger partial charge < -0.3 is 15.6 Å². The third-order valence-corrected chi connectivity index (χ3v) is 3.58. The van der Waals surface area contributed by atoms with E-state index in [1.165, 1.54) is 12.1 Å². The Bertz CT molecular complexity index is 567. The topological polar surface area (TPSA) is 72.5 Å². The lowest BCUT2D eigenvalue weighted by Crippen LogP contribution is -2.01. The maximum Gasteiger partial charge on any atom is 0.335 e. The maximum absolute atomic E-state index is 10.7. The summed E-state index contributed by atoms with van der Waals surface area (Å²) >= 11 is 1.68. The van der Waals surface area contributed by atoms with Crippen LogP contribution in [0.15, 0.2) is 53.4 Å². The number of hydrogen-bond donors (Lipinski definition) is 2. The van der Waals surface area contributed by atoms with E-state index in [4.69, 9.17) is 15.6 Å². The van der Waals surface area contributed by atoms with E-state index in [0.29, 0.717) is 12.4 Å². The summed E-state index contributed by atoms with van der Waals surface area (Å²) in [6.07, 6.45) is 0. The van der Waals surface area contributed by atoms with Gasteiger partial charge in [-0.1, -0.05) is 0 Å². The normalized spacial score (nSPS) is 10.2. The smallest absolute Gasteiger partial charge is 0.335 e. The number of thioether (sulfide) groups is 1. The molecule has 0 heterocycles. The molecule has 0 aliphatic rings. The minimum absolute atomic E-state index is 0.258. The van der Waals surface area contributed by atoms with Gasteiger partial charge in [-0.2, -0.15) is 0 Å². The van der Waals surface area contributed by atoms with Gasteiger partial charge in [-0.25, -0.2) is 4.79 Å². The van der Waals surface area contributed by atoms with Crippen LogP contribution in [0.4, 0.5) is 5.69 Å². The number of nitrogen functional groups attached to an aromatic ring is 1. The second-order valence-electron chi connectivity index (χ2n) is 4.10. The zero-order chi connectivity index (χ0) is 14.4. The van der Waals surface area contributed by atoms with Gasteiger partial charge in [0, 0.05) is 16.3 Å². The average Bonchev–Trinajstić information content (AvgIpc) is 2.46. The number of anilines is 1. The third kappa shape index (κ3) is 4.20. The first-order valence-electron chi connectivity index (χ1n) is 6.09. The standard InChI is InChI=1S/C15H15NO3S/c16-12-3-7-14(8-4-12)20-10-9-19-13-5-1-11(2-6-13)15(17)18/h1-8H,9-10,16H2,(H,17,18). The summed E-state index contributed by atoms with van der Waals surface area (Å²) < 4.78 is 5.55. The predicted octanol–water partition coefficient (Wildman–Crippen LogP) is 3.14. The van der Waals surface area contributed by atoms with Gasteiger partial charge in [0.25, 0.3) is 0 Å². The highest BCUT2D eigenvalue weighted by molar-refractivity contribution is 7.99. The van der Waals surface area contributed by atoms with Crippen molar-refractivity contribution in [3.05, 3.63) is 54.1 Å². The van der Waals surface area contributed by atoms with Crippen molar-refractivity contribution in [3.63, 3.8) is 0 Å². The monoisotopic (exact) mass is 289 g/mol. The summed E-state index contributed by atoms with van der Waals surface area (Å²) in [5, 5.41) is 8.78. The van der Waals surface area contributed by atoms with Crippen LogP contribution in [0, 0.1) is 0 Å². The maximum atomic E-state index is 10.7. The second kappa shape index (κ2) is 6.86. The molecule has 0 aliphatic carbocycles. The van der Waals surface area contributed by atoms with Crippen molar-refractivity contribution in [2.45, 2.75) is 4.90 Å². The molecule has 0 bridgehead atoms.